The molecule has 2 heterocycles. The number of piperazine rings is 1. The van der Waals surface area contributed by atoms with Crippen molar-refractivity contribution in [1.29, 1.82) is 0 Å². The monoisotopic (exact) mass is 264 g/mol. The van der Waals surface area contributed by atoms with Crippen LogP contribution in [0.25, 0.3) is 0 Å². The van der Waals surface area contributed by atoms with E-state index in [-0.39, 0.29) is 6.04 Å². The molecule has 0 aliphatic carbocycles. The Morgan fingerprint density at radius 2 is 2.11 bits per heavy atom. The standard InChI is InChI=1S/C14H24N4O/c1-5-11-8-12(18(4)15-11)9-14(19)13-10-16(2)6-7-17(13)3/h8,13H,5-7,9-10H2,1-4H3. The molecule has 5 nitrogen and oxygen atoms in total. The van der Waals surface area contributed by atoms with Crippen LogP contribution in [0.3, 0.4) is 0 Å². The minimum Gasteiger partial charge on any atom is -0.303 e. The molecule has 0 amide bonds. The summed E-state index contributed by atoms with van der Waals surface area (Å²) in [7, 11) is 6.03. The third-order valence-electron chi connectivity index (χ3n) is 3.97. The van der Waals surface area contributed by atoms with E-state index in [4.69, 9.17) is 0 Å². The fourth-order valence-electron chi connectivity index (χ4n) is 2.56. The van der Waals surface area contributed by atoms with E-state index >= 15 is 0 Å². The van der Waals surface area contributed by atoms with E-state index < -0.39 is 0 Å². The largest absolute Gasteiger partial charge is 0.303 e. The number of aryl methyl sites for hydroxylation is 2. The van der Waals surface area contributed by atoms with Crippen molar-refractivity contribution in [2.75, 3.05) is 33.7 Å². The molecule has 1 unspecified atom stereocenters. The summed E-state index contributed by atoms with van der Waals surface area (Å²) in [6, 6.07) is 2.06. The molecule has 1 aliphatic heterocycles. The Labute approximate surface area is 115 Å². The summed E-state index contributed by atoms with van der Waals surface area (Å²) >= 11 is 0. The molecular weight excluding hydrogens is 240 g/mol. The van der Waals surface area contributed by atoms with Crippen molar-refractivity contribution in [3.63, 3.8) is 0 Å². The molecule has 1 atom stereocenters. The highest BCUT2D eigenvalue weighted by Crippen LogP contribution is 2.11. The van der Waals surface area contributed by atoms with Crippen molar-refractivity contribution in [2.45, 2.75) is 25.8 Å². The summed E-state index contributed by atoms with van der Waals surface area (Å²) in [5.41, 5.74) is 2.07. The molecule has 106 valence electrons. The summed E-state index contributed by atoms with van der Waals surface area (Å²) in [4.78, 5) is 16.9. The Hall–Kier alpha value is -1.20. The maximum atomic E-state index is 12.5. The van der Waals surface area contributed by atoms with Gasteiger partial charge in [-0.2, -0.15) is 5.10 Å². The van der Waals surface area contributed by atoms with Gasteiger partial charge in [0.15, 0.2) is 5.78 Å². The zero-order chi connectivity index (χ0) is 14.0. The van der Waals surface area contributed by atoms with Crippen LogP contribution in [-0.2, 0) is 24.7 Å². The lowest BCUT2D eigenvalue weighted by molar-refractivity contribution is -0.125. The number of hydrogen-bond acceptors (Lipinski definition) is 4. The number of hydrogen-bond donors (Lipinski definition) is 0. The molecule has 1 aromatic heterocycles. The molecular formula is C14H24N4O. The predicted molar refractivity (Wildman–Crippen MR) is 75.2 cm³/mol. The first-order valence-electron chi connectivity index (χ1n) is 6.94. The third-order valence-corrected chi connectivity index (χ3v) is 3.97. The minimum atomic E-state index is 0.0127. The second-order valence-electron chi connectivity index (χ2n) is 5.51. The zero-order valence-electron chi connectivity index (χ0n) is 12.4. The molecule has 0 spiro atoms. The summed E-state index contributed by atoms with van der Waals surface area (Å²) in [5, 5.41) is 4.40. The van der Waals surface area contributed by atoms with Gasteiger partial charge >= 0.3 is 0 Å². The van der Waals surface area contributed by atoms with E-state index in [1.165, 1.54) is 0 Å². The van der Waals surface area contributed by atoms with Crippen molar-refractivity contribution in [2.24, 2.45) is 7.05 Å². The summed E-state index contributed by atoms with van der Waals surface area (Å²) < 4.78 is 1.84. The van der Waals surface area contributed by atoms with E-state index in [9.17, 15) is 4.79 Å². The maximum Gasteiger partial charge on any atom is 0.157 e. The molecule has 1 fully saturated rings. The Morgan fingerprint density at radius 1 is 1.37 bits per heavy atom. The van der Waals surface area contributed by atoms with Gasteiger partial charge in [-0.25, -0.2) is 0 Å². The van der Waals surface area contributed by atoms with Crippen molar-refractivity contribution >= 4 is 5.78 Å². The quantitative estimate of drug-likeness (QED) is 0.786. The van der Waals surface area contributed by atoms with Crippen LogP contribution in [0.2, 0.25) is 0 Å². The number of nitrogens with zero attached hydrogens (tertiary/aromatic N) is 4. The van der Waals surface area contributed by atoms with E-state index in [0.717, 1.165) is 37.4 Å². The second kappa shape index (κ2) is 5.84. The van der Waals surface area contributed by atoms with E-state index in [1.807, 2.05) is 24.8 Å². The number of rotatable bonds is 4. The Bertz CT molecular complexity index is 454. The van der Waals surface area contributed by atoms with Crippen molar-refractivity contribution in [3.05, 3.63) is 17.5 Å². The molecule has 0 saturated carbocycles. The Kier molecular flexibility index (Phi) is 4.37. The number of carbonyl (C=O) groups is 1. The van der Waals surface area contributed by atoms with Gasteiger partial charge in [-0.05, 0) is 26.6 Å². The van der Waals surface area contributed by atoms with Gasteiger partial charge in [-0.3, -0.25) is 14.4 Å². The summed E-state index contributed by atoms with van der Waals surface area (Å²) in [6.45, 7) is 4.90. The van der Waals surface area contributed by atoms with Crippen molar-refractivity contribution in [3.8, 4) is 0 Å². The lowest BCUT2D eigenvalue weighted by Crippen LogP contribution is -2.54. The molecule has 1 saturated heterocycles. The molecule has 1 aliphatic rings. The smallest absolute Gasteiger partial charge is 0.157 e. The van der Waals surface area contributed by atoms with Crippen molar-refractivity contribution < 1.29 is 4.79 Å². The molecule has 0 N–H and O–H groups in total. The molecule has 2 rings (SSSR count). The molecule has 5 heteroatoms. The number of aromatic nitrogens is 2. The second-order valence-corrected chi connectivity index (χ2v) is 5.51. The molecule has 0 aromatic carbocycles. The average molecular weight is 264 g/mol. The van der Waals surface area contributed by atoms with Gasteiger partial charge in [0.05, 0.1) is 18.2 Å². The third kappa shape index (κ3) is 3.22. The highest BCUT2D eigenvalue weighted by atomic mass is 16.1. The van der Waals surface area contributed by atoms with Crippen LogP contribution in [0, 0.1) is 0 Å². The van der Waals surface area contributed by atoms with Gasteiger partial charge < -0.3 is 4.90 Å². The first-order valence-corrected chi connectivity index (χ1v) is 6.94. The van der Waals surface area contributed by atoms with Crippen LogP contribution in [0.5, 0.6) is 0 Å². The number of ketones is 1. The molecule has 1 aromatic rings. The fourth-order valence-corrected chi connectivity index (χ4v) is 2.56. The van der Waals surface area contributed by atoms with E-state index in [2.05, 4.69) is 28.9 Å². The van der Waals surface area contributed by atoms with E-state index in [1.54, 1.807) is 0 Å². The summed E-state index contributed by atoms with van der Waals surface area (Å²) in [6.07, 6.45) is 1.39. The SMILES string of the molecule is CCc1cc(CC(=O)C2CN(C)CCN2C)n(C)n1. The first-order chi connectivity index (χ1) is 9.01. The normalized spacial score (nSPS) is 21.8. The Balaban J connectivity index is 2.05. The number of Topliss-reactive ketones (excluding diaryl/α,β-unsaturated/α-hetero) is 1. The van der Waals surface area contributed by atoms with Crippen LogP contribution >= 0.6 is 0 Å². The van der Waals surface area contributed by atoms with E-state index in [0.29, 0.717) is 12.2 Å². The fraction of sp³-hybridized carbons (Fsp3) is 0.714. The van der Waals surface area contributed by atoms with Crippen LogP contribution in [-0.4, -0.2) is 65.1 Å². The van der Waals surface area contributed by atoms with Gasteiger partial charge in [-0.15, -0.1) is 0 Å². The highest BCUT2D eigenvalue weighted by molar-refractivity contribution is 5.86. The summed E-state index contributed by atoms with van der Waals surface area (Å²) in [5.74, 6) is 0.291. The number of carbonyl (C=O) groups excluding carboxylic acids is 1. The lowest BCUT2D eigenvalue weighted by Gasteiger charge is -2.36. The van der Waals surface area contributed by atoms with Gasteiger partial charge in [0, 0.05) is 32.4 Å². The van der Waals surface area contributed by atoms with Crippen LogP contribution in [0.4, 0.5) is 0 Å². The maximum absolute atomic E-state index is 12.5. The number of likely N-dealkylation sites (N-methyl/N-ethyl adjacent to an activating group) is 2. The van der Waals surface area contributed by atoms with Crippen LogP contribution in [0.15, 0.2) is 6.07 Å². The average Bonchev–Trinajstić information content (AvgIpc) is 2.73. The molecule has 0 bridgehead atoms. The minimum absolute atomic E-state index is 0.0127. The molecule has 19 heavy (non-hydrogen) atoms. The lowest BCUT2D eigenvalue weighted by atomic mass is 10.0. The van der Waals surface area contributed by atoms with Crippen LogP contribution < -0.4 is 0 Å². The highest BCUT2D eigenvalue weighted by Gasteiger charge is 2.28. The topological polar surface area (TPSA) is 41.4 Å². The van der Waals surface area contributed by atoms with Crippen molar-refractivity contribution in [1.82, 2.24) is 19.6 Å². The Morgan fingerprint density at radius 3 is 2.74 bits per heavy atom. The van der Waals surface area contributed by atoms with Gasteiger partial charge in [0.2, 0.25) is 0 Å². The zero-order valence-corrected chi connectivity index (χ0v) is 12.4. The molecule has 0 radical (unpaired) electrons. The first kappa shape index (κ1) is 14.2. The van der Waals surface area contributed by atoms with Crippen LogP contribution in [0.1, 0.15) is 18.3 Å². The van der Waals surface area contributed by atoms with Gasteiger partial charge in [0.1, 0.15) is 0 Å². The van der Waals surface area contributed by atoms with Gasteiger partial charge in [-0.1, -0.05) is 6.92 Å². The predicted octanol–water partition coefficient (Wildman–Crippen LogP) is 0.340. The van der Waals surface area contributed by atoms with Gasteiger partial charge in [0.25, 0.3) is 0 Å².